The Morgan fingerprint density at radius 3 is 2.44 bits per heavy atom. The van der Waals surface area contributed by atoms with Crippen LogP contribution in [0.2, 0.25) is 0 Å². The molecule has 0 aliphatic heterocycles. The van der Waals surface area contributed by atoms with Gasteiger partial charge in [0, 0.05) is 31.7 Å². The van der Waals surface area contributed by atoms with E-state index in [1.165, 1.54) is 35.1 Å². The number of aromatic nitrogens is 5. The summed E-state index contributed by atoms with van der Waals surface area (Å²) in [4.78, 5) is 18.9. The Morgan fingerprint density at radius 1 is 1.19 bits per heavy atom. The molecule has 1 atom stereocenters. The first-order valence-electron chi connectivity index (χ1n) is 9.79. The fraction of sp³-hybridized carbons (Fsp3) is 0.400. The van der Waals surface area contributed by atoms with Gasteiger partial charge in [-0.15, -0.1) is 0 Å². The fourth-order valence-corrected chi connectivity index (χ4v) is 3.52. The highest BCUT2D eigenvalue weighted by molar-refractivity contribution is 5.96. The quantitative estimate of drug-likeness (QED) is 0.520. The molecule has 0 N–H and O–H groups in total. The number of carbonyl (C=O) groups excluding carboxylic acids is 1. The molecule has 0 saturated heterocycles. The van der Waals surface area contributed by atoms with Crippen LogP contribution in [-0.4, -0.2) is 41.4 Å². The molecular weight excluding hydrogens is 435 g/mol. The van der Waals surface area contributed by atoms with E-state index in [4.69, 9.17) is 0 Å². The zero-order chi connectivity index (χ0) is 23.2. The monoisotopic (exact) mass is 454 g/mol. The van der Waals surface area contributed by atoms with E-state index in [2.05, 4.69) is 15.2 Å². The highest BCUT2D eigenvalue weighted by Gasteiger charge is 2.39. The third-order valence-corrected chi connectivity index (χ3v) is 5.25. The number of pyridine rings is 1. The van der Waals surface area contributed by atoms with Crippen LogP contribution < -0.4 is 0 Å². The summed E-state index contributed by atoms with van der Waals surface area (Å²) in [5, 5.41) is 7.19. The Balaban J connectivity index is 1.59. The maximum absolute atomic E-state index is 13.4. The second kappa shape index (κ2) is 7.99. The number of aryl methyl sites for hydroxylation is 1. The van der Waals surface area contributed by atoms with Gasteiger partial charge in [0.15, 0.2) is 11.5 Å². The number of alkyl halides is 5. The molecule has 0 spiro atoms. The van der Waals surface area contributed by atoms with Crippen LogP contribution in [0.25, 0.3) is 5.82 Å². The summed E-state index contributed by atoms with van der Waals surface area (Å²) in [7, 11) is 1.47. The van der Waals surface area contributed by atoms with Crippen molar-refractivity contribution in [3.63, 3.8) is 0 Å². The topological polar surface area (TPSA) is 68.8 Å². The van der Waals surface area contributed by atoms with Gasteiger partial charge in [-0.3, -0.25) is 9.48 Å². The van der Waals surface area contributed by atoms with E-state index in [0.29, 0.717) is 5.56 Å². The summed E-state index contributed by atoms with van der Waals surface area (Å²) in [5.41, 5.74) is -1.14. The van der Waals surface area contributed by atoms with Crippen LogP contribution in [0.5, 0.6) is 0 Å². The first kappa shape index (κ1) is 21.9. The molecule has 0 bridgehead atoms. The van der Waals surface area contributed by atoms with Gasteiger partial charge < -0.3 is 4.90 Å². The molecule has 3 aromatic heterocycles. The van der Waals surface area contributed by atoms with Gasteiger partial charge in [0.2, 0.25) is 0 Å². The molecule has 1 saturated carbocycles. The summed E-state index contributed by atoms with van der Waals surface area (Å²) in [6.45, 7) is 1.75. The molecule has 1 aliphatic carbocycles. The average molecular weight is 454 g/mol. The third kappa shape index (κ3) is 4.21. The highest BCUT2D eigenvalue weighted by atomic mass is 19.4. The van der Waals surface area contributed by atoms with Crippen molar-refractivity contribution in [3.05, 3.63) is 59.3 Å². The number of amides is 1. The minimum absolute atomic E-state index is 0.0941. The second-order valence-corrected chi connectivity index (χ2v) is 7.61. The third-order valence-electron chi connectivity index (χ3n) is 5.25. The van der Waals surface area contributed by atoms with Gasteiger partial charge in [-0.1, -0.05) is 6.07 Å². The van der Waals surface area contributed by atoms with Gasteiger partial charge in [0.05, 0.1) is 11.6 Å². The van der Waals surface area contributed by atoms with E-state index >= 15 is 0 Å². The van der Waals surface area contributed by atoms with Crippen LogP contribution in [0, 0.1) is 0 Å². The van der Waals surface area contributed by atoms with Crippen LogP contribution in [0.3, 0.4) is 0 Å². The van der Waals surface area contributed by atoms with Crippen LogP contribution >= 0.6 is 0 Å². The minimum Gasteiger partial charge on any atom is -0.329 e. The van der Waals surface area contributed by atoms with Crippen molar-refractivity contribution in [2.75, 3.05) is 0 Å². The largest absolute Gasteiger partial charge is 0.435 e. The SMILES string of the molecule is CC(c1ccc(-n2ccc(C(F)(F)F)n2)nc1)N(C(=O)c1cn(C)nc1C(F)F)C1CC1. The summed E-state index contributed by atoms with van der Waals surface area (Å²) < 4.78 is 67.2. The Hall–Kier alpha value is -3.31. The van der Waals surface area contributed by atoms with Crippen molar-refractivity contribution in [3.8, 4) is 5.82 Å². The van der Waals surface area contributed by atoms with E-state index in [0.717, 1.165) is 29.8 Å². The van der Waals surface area contributed by atoms with Crippen molar-refractivity contribution in [2.45, 2.75) is 44.5 Å². The highest BCUT2D eigenvalue weighted by Crippen LogP contribution is 2.37. The molecule has 0 radical (unpaired) electrons. The molecule has 3 aromatic rings. The van der Waals surface area contributed by atoms with E-state index in [-0.39, 0.29) is 17.4 Å². The van der Waals surface area contributed by atoms with Gasteiger partial charge in [-0.2, -0.15) is 23.4 Å². The van der Waals surface area contributed by atoms with Gasteiger partial charge in [0.1, 0.15) is 5.69 Å². The fourth-order valence-electron chi connectivity index (χ4n) is 3.52. The molecule has 7 nitrogen and oxygen atoms in total. The number of halogens is 5. The smallest absolute Gasteiger partial charge is 0.329 e. The lowest BCUT2D eigenvalue weighted by Crippen LogP contribution is -2.36. The molecule has 4 rings (SSSR count). The second-order valence-electron chi connectivity index (χ2n) is 7.61. The van der Waals surface area contributed by atoms with Gasteiger partial charge >= 0.3 is 6.18 Å². The standard InChI is InChI=1S/C20H19F5N6O/c1-11(12-3-6-16(26-9-12)30-8-7-15(27-30)20(23,24)25)31(13-4-5-13)19(32)14-10-29(2)28-17(14)18(21)22/h3,6-11,13,18H,4-5H2,1-2H3. The minimum atomic E-state index is -4.56. The first-order chi connectivity index (χ1) is 15.1. The summed E-state index contributed by atoms with van der Waals surface area (Å²) in [6, 6.07) is 3.37. The summed E-state index contributed by atoms with van der Waals surface area (Å²) >= 11 is 0. The average Bonchev–Trinajstić information content (AvgIpc) is 3.27. The molecule has 170 valence electrons. The molecule has 12 heteroatoms. The van der Waals surface area contributed by atoms with Gasteiger partial charge in [-0.05, 0) is 37.5 Å². The number of hydrogen-bond donors (Lipinski definition) is 0. The Morgan fingerprint density at radius 2 is 1.91 bits per heavy atom. The van der Waals surface area contributed by atoms with Crippen molar-refractivity contribution < 1.29 is 26.7 Å². The molecule has 1 amide bonds. The Kier molecular flexibility index (Phi) is 5.47. The van der Waals surface area contributed by atoms with E-state index in [9.17, 15) is 26.7 Å². The van der Waals surface area contributed by atoms with E-state index in [1.54, 1.807) is 13.0 Å². The first-order valence-corrected chi connectivity index (χ1v) is 9.79. The molecule has 0 aromatic carbocycles. The molecule has 1 aliphatic rings. The van der Waals surface area contributed by atoms with Crippen molar-refractivity contribution in [1.29, 1.82) is 0 Å². The molecular formula is C20H19F5N6O. The van der Waals surface area contributed by atoms with Crippen LogP contribution in [0.1, 0.15) is 59.5 Å². The van der Waals surface area contributed by atoms with E-state index in [1.807, 2.05) is 0 Å². The number of carbonyl (C=O) groups is 1. The maximum Gasteiger partial charge on any atom is 0.435 e. The van der Waals surface area contributed by atoms with E-state index < -0.39 is 35.9 Å². The lowest BCUT2D eigenvalue weighted by atomic mass is 10.1. The lowest BCUT2D eigenvalue weighted by molar-refractivity contribution is -0.141. The zero-order valence-corrected chi connectivity index (χ0v) is 17.1. The Bertz CT molecular complexity index is 1120. The summed E-state index contributed by atoms with van der Waals surface area (Å²) in [6.07, 6.45) is -2.07. The van der Waals surface area contributed by atoms with Crippen molar-refractivity contribution >= 4 is 5.91 Å². The van der Waals surface area contributed by atoms with Crippen LogP contribution in [-0.2, 0) is 13.2 Å². The molecule has 3 heterocycles. The van der Waals surface area contributed by atoms with Crippen molar-refractivity contribution in [1.82, 2.24) is 29.4 Å². The number of nitrogens with zero attached hydrogens (tertiary/aromatic N) is 6. The molecule has 1 fully saturated rings. The maximum atomic E-state index is 13.4. The molecule has 32 heavy (non-hydrogen) atoms. The lowest BCUT2D eigenvalue weighted by Gasteiger charge is -2.29. The Labute approximate surface area is 179 Å². The van der Waals surface area contributed by atoms with Crippen molar-refractivity contribution in [2.24, 2.45) is 7.05 Å². The molecule has 1 unspecified atom stereocenters. The van der Waals surface area contributed by atoms with Crippen LogP contribution in [0.15, 0.2) is 36.8 Å². The van der Waals surface area contributed by atoms with Crippen LogP contribution in [0.4, 0.5) is 22.0 Å². The number of rotatable bonds is 6. The normalized spacial score (nSPS) is 15.2. The van der Waals surface area contributed by atoms with Gasteiger partial charge in [0.25, 0.3) is 12.3 Å². The summed E-state index contributed by atoms with van der Waals surface area (Å²) in [5.74, 6) is -0.373. The number of hydrogen-bond acceptors (Lipinski definition) is 4. The predicted octanol–water partition coefficient (Wildman–Crippen LogP) is 4.32. The van der Waals surface area contributed by atoms with Gasteiger partial charge in [-0.25, -0.2) is 18.4 Å². The zero-order valence-electron chi connectivity index (χ0n) is 17.1. The predicted molar refractivity (Wildman–Crippen MR) is 102 cm³/mol.